The molecule has 0 unspecified atom stereocenters. The summed E-state index contributed by atoms with van der Waals surface area (Å²) in [5.41, 5.74) is 7.76. The number of aromatic nitrogens is 2. The number of carboxylic acids is 2. The van der Waals surface area contributed by atoms with Crippen molar-refractivity contribution in [1.82, 2.24) is 10.1 Å². The number of hydrogen-bond donors (Lipinski definition) is 4. The highest BCUT2D eigenvalue weighted by Gasteiger charge is 2.19. The van der Waals surface area contributed by atoms with Gasteiger partial charge in [0.1, 0.15) is 40.3 Å². The molecule has 29 nitrogen and oxygen atoms in total. The Morgan fingerprint density at radius 2 is 0.713 bits per heavy atom. The number of nitriles is 2. The molecular formula is C71H80FN5O24. The minimum Gasteiger partial charge on any atom is -0.508 e. The summed E-state index contributed by atoms with van der Waals surface area (Å²) < 4.78 is 70.5. The Bertz CT molecular complexity index is 4030. The van der Waals surface area contributed by atoms with E-state index in [4.69, 9.17) is 54.7 Å². The summed E-state index contributed by atoms with van der Waals surface area (Å²) in [6.45, 7) is 0. The van der Waals surface area contributed by atoms with Gasteiger partial charge < -0.3 is 77.7 Å². The van der Waals surface area contributed by atoms with E-state index < -0.39 is 59.5 Å². The molecule has 1 amide bonds. The van der Waals surface area contributed by atoms with Crippen molar-refractivity contribution in [3.05, 3.63) is 200 Å². The molecular weight excluding hydrogens is 1330 g/mol. The number of rotatable bonds is 16. The van der Waals surface area contributed by atoms with Gasteiger partial charge >= 0.3 is 47.8 Å². The Morgan fingerprint density at radius 1 is 0.416 bits per heavy atom. The standard InChI is InChI=1S/C15H9FN2O4.C11H12O5.C10H11NO4.2C10H9NO3.C10H10O5.5CH4/c16-12-4-2-1-3-11(12)14-17-13(18-22-14)8-5-9(15(20)21)7-10(19)6-8;1-14-9-5-7(10(12)15-2)4-8(6-9)11(13)16-3;1-14-8-4-6(9(11)12)3-7(5-8)10(13)15-2;2*1-13-9-4-7(6-11)3-8(5-9)10(12)14-2;1-14-8-4-6(9(11)12)3-7(5-8)10(13)15-2;;;;;/h1-7,19H,(H,20,21);4-6H,1-3H3;3-5H,1-2H3,(H2,11,12);2*3-5H,1-2H3;3-5H,1-2H3,(H,11,12);5*1H4. The van der Waals surface area contributed by atoms with Crippen LogP contribution >= 0.6 is 0 Å². The second-order valence-electron chi connectivity index (χ2n) is 18.1. The van der Waals surface area contributed by atoms with Crippen molar-refractivity contribution in [3.8, 4) is 69.5 Å². The van der Waals surface area contributed by atoms with Crippen molar-refractivity contribution < 1.29 is 119 Å². The molecule has 0 bridgehead atoms. The van der Waals surface area contributed by atoms with Gasteiger partial charge in [0, 0.05) is 11.1 Å². The number of primary amides is 1. The summed E-state index contributed by atoms with van der Waals surface area (Å²) in [5, 5.41) is 48.4. The Labute approximate surface area is 582 Å². The molecule has 0 atom stereocenters. The molecule has 0 saturated carbocycles. The van der Waals surface area contributed by atoms with E-state index in [-0.39, 0.29) is 105 Å². The zero-order chi connectivity index (χ0) is 71.8. The number of aromatic hydroxyl groups is 1. The summed E-state index contributed by atoms with van der Waals surface area (Å²) in [7, 11) is 14.8. The first-order chi connectivity index (χ1) is 45.7. The topological polar surface area (TPSA) is 428 Å². The van der Waals surface area contributed by atoms with Crippen LogP contribution in [0.5, 0.6) is 34.5 Å². The van der Waals surface area contributed by atoms with Crippen LogP contribution in [0.3, 0.4) is 0 Å². The number of carboxylic acid groups (broad SMARTS) is 2. The van der Waals surface area contributed by atoms with Crippen LogP contribution in [0.15, 0.2) is 138 Å². The molecule has 1 aromatic heterocycles. The van der Waals surface area contributed by atoms with Gasteiger partial charge in [0.15, 0.2) is 0 Å². The quantitative estimate of drug-likeness (QED) is 0.0515. The monoisotopic (exact) mass is 1410 g/mol. The van der Waals surface area contributed by atoms with Gasteiger partial charge in [0.25, 0.3) is 5.89 Å². The van der Waals surface area contributed by atoms with Crippen LogP contribution in [0.1, 0.15) is 141 Å². The number of benzene rings is 7. The summed E-state index contributed by atoms with van der Waals surface area (Å²) >= 11 is 0. The number of nitrogens with two attached hydrogens (primary N) is 1. The van der Waals surface area contributed by atoms with Gasteiger partial charge in [-0.25, -0.2) is 42.7 Å². The first-order valence-electron chi connectivity index (χ1n) is 26.7. The van der Waals surface area contributed by atoms with Crippen molar-refractivity contribution in [2.24, 2.45) is 5.73 Å². The van der Waals surface area contributed by atoms with E-state index in [1.54, 1.807) is 18.2 Å². The highest BCUT2D eigenvalue weighted by atomic mass is 19.1. The predicted molar refractivity (Wildman–Crippen MR) is 365 cm³/mol. The molecule has 1 heterocycles. The molecule has 0 saturated heterocycles. The number of carbonyl (C=O) groups is 9. The highest BCUT2D eigenvalue weighted by Crippen LogP contribution is 2.28. The Hall–Kier alpha value is -13.4. The van der Waals surface area contributed by atoms with Crippen LogP contribution in [0.2, 0.25) is 0 Å². The molecule has 0 radical (unpaired) electrons. The van der Waals surface area contributed by atoms with Crippen LogP contribution in [-0.4, -0.2) is 157 Å². The smallest absolute Gasteiger partial charge is 0.338 e. The maximum absolute atomic E-state index is 13.7. The van der Waals surface area contributed by atoms with Gasteiger partial charge in [-0.15, -0.1) is 0 Å². The summed E-state index contributed by atoms with van der Waals surface area (Å²) in [4.78, 5) is 104. The molecule has 7 aromatic carbocycles. The Kier molecular flexibility index (Phi) is 41.7. The number of hydrogen-bond acceptors (Lipinski definition) is 26. The lowest BCUT2D eigenvalue weighted by atomic mass is 10.1. The fraction of sp³-hybridized carbons (Fsp3) is 0.225. The first-order valence-corrected chi connectivity index (χ1v) is 26.7. The molecule has 8 aromatic rings. The summed E-state index contributed by atoms with van der Waals surface area (Å²) in [6, 6.07) is 35.1. The Balaban J connectivity index is -0.00000114. The van der Waals surface area contributed by atoms with E-state index in [9.17, 15) is 52.6 Å². The number of aromatic carboxylic acids is 2. The van der Waals surface area contributed by atoms with Crippen molar-refractivity contribution in [2.45, 2.75) is 37.1 Å². The summed E-state index contributed by atoms with van der Waals surface area (Å²) in [6.07, 6.45) is 0. The van der Waals surface area contributed by atoms with Crippen molar-refractivity contribution in [3.63, 3.8) is 0 Å². The van der Waals surface area contributed by atoms with E-state index in [2.05, 4.69) is 38.6 Å². The third-order valence-corrected chi connectivity index (χ3v) is 12.0. The number of methoxy groups -OCH3 is 11. The fourth-order valence-electron chi connectivity index (χ4n) is 7.34. The van der Waals surface area contributed by atoms with E-state index in [0.717, 1.165) is 6.07 Å². The van der Waals surface area contributed by atoms with Crippen LogP contribution in [-0.2, 0) is 28.4 Å². The maximum atomic E-state index is 13.7. The summed E-state index contributed by atoms with van der Waals surface area (Å²) in [5.74, 6) is -4.88. The largest absolute Gasteiger partial charge is 0.508 e. The average Bonchev–Trinajstić information content (AvgIpc) is 1.80. The Morgan fingerprint density at radius 3 is 1.03 bits per heavy atom. The number of carbonyl (C=O) groups excluding carboxylic acids is 7. The number of phenols is 1. The fourth-order valence-corrected chi connectivity index (χ4v) is 7.34. The normalized spacial score (nSPS) is 9.09. The van der Waals surface area contributed by atoms with Crippen LogP contribution in [0, 0.1) is 28.5 Å². The molecule has 540 valence electrons. The number of phenolic OH excluding ortho intramolecular Hbond substituents is 1. The third-order valence-electron chi connectivity index (χ3n) is 12.0. The van der Waals surface area contributed by atoms with E-state index in [1.165, 1.54) is 187 Å². The van der Waals surface area contributed by atoms with Gasteiger partial charge in [-0.1, -0.05) is 54.4 Å². The van der Waals surface area contributed by atoms with Gasteiger partial charge in [-0.3, -0.25) is 4.79 Å². The third kappa shape index (κ3) is 28.1. The van der Waals surface area contributed by atoms with Gasteiger partial charge in [0.2, 0.25) is 11.7 Å². The predicted octanol–water partition coefficient (Wildman–Crippen LogP) is 11.9. The highest BCUT2D eigenvalue weighted by molar-refractivity contribution is 5.99. The van der Waals surface area contributed by atoms with Gasteiger partial charge in [-0.05, 0) is 121 Å². The molecule has 0 aliphatic carbocycles. The van der Waals surface area contributed by atoms with Crippen molar-refractivity contribution >= 4 is 53.7 Å². The molecule has 8 rings (SSSR count). The second-order valence-corrected chi connectivity index (χ2v) is 18.1. The average molecular weight is 1410 g/mol. The molecule has 0 fully saturated rings. The maximum Gasteiger partial charge on any atom is 0.338 e. The van der Waals surface area contributed by atoms with Crippen molar-refractivity contribution in [1.29, 1.82) is 10.5 Å². The van der Waals surface area contributed by atoms with E-state index in [0.29, 0.717) is 51.0 Å². The first kappa shape index (κ1) is 91.8. The SMILES string of the molecule is C.C.C.C.C.COC(=O)c1cc(C#N)cc(OC)c1.COC(=O)c1cc(C#N)cc(OC)c1.COC(=O)c1cc(OC)cc(C(=O)O)c1.COC(=O)c1cc(OC)cc(C(=O)OC)c1.COC(=O)c1cc(OC)cc(C(N)=O)c1.O=C(O)c1cc(O)cc(-c2noc(-c3ccccc3F)n2)c1. The lowest BCUT2D eigenvalue weighted by molar-refractivity contribution is 0.0583. The minimum atomic E-state index is -1.20. The molecule has 101 heavy (non-hydrogen) atoms. The molecule has 0 aliphatic rings. The lowest BCUT2D eigenvalue weighted by Crippen LogP contribution is -2.12. The minimum absolute atomic E-state index is 0. The van der Waals surface area contributed by atoms with E-state index in [1.807, 2.05) is 12.1 Å². The molecule has 30 heteroatoms. The zero-order valence-electron chi connectivity index (χ0n) is 52.9. The van der Waals surface area contributed by atoms with Gasteiger partial charge in [0.05, 0.1) is 152 Å². The van der Waals surface area contributed by atoms with Crippen LogP contribution in [0.25, 0.3) is 22.8 Å². The van der Waals surface area contributed by atoms with Crippen LogP contribution in [0.4, 0.5) is 4.39 Å². The number of amides is 1. The number of halogens is 1. The van der Waals surface area contributed by atoms with Crippen molar-refractivity contribution in [2.75, 3.05) is 78.2 Å². The molecule has 0 spiro atoms. The number of ether oxygens (including phenoxy) is 11. The van der Waals surface area contributed by atoms with E-state index >= 15 is 0 Å². The van der Waals surface area contributed by atoms with Gasteiger partial charge in [-0.2, -0.15) is 15.5 Å². The molecule has 0 aliphatic heterocycles. The second kappa shape index (κ2) is 45.9. The van der Waals surface area contributed by atoms with Crippen LogP contribution < -0.4 is 29.4 Å². The zero-order valence-corrected chi connectivity index (χ0v) is 52.9. The molecule has 5 N–H and O–H groups in total. The number of nitrogens with zero attached hydrogens (tertiary/aromatic N) is 4. The number of esters is 6. The lowest BCUT2D eigenvalue weighted by Gasteiger charge is -2.06.